The second-order valence-electron chi connectivity index (χ2n) is 4.84. The number of benzene rings is 1. The molecule has 0 spiro atoms. The van der Waals surface area contributed by atoms with Gasteiger partial charge in [0.2, 0.25) is 0 Å². The van der Waals surface area contributed by atoms with Crippen molar-refractivity contribution in [2.75, 3.05) is 13.2 Å². The van der Waals surface area contributed by atoms with Crippen LogP contribution in [0.3, 0.4) is 0 Å². The summed E-state index contributed by atoms with van der Waals surface area (Å²) in [5, 5.41) is 3.58. The van der Waals surface area contributed by atoms with Crippen molar-refractivity contribution in [1.29, 1.82) is 0 Å². The van der Waals surface area contributed by atoms with Crippen LogP contribution < -0.4 is 5.32 Å². The van der Waals surface area contributed by atoms with E-state index in [1.807, 2.05) is 0 Å². The maximum absolute atomic E-state index is 13.2. The molecule has 1 aliphatic heterocycles. The molecule has 2 rings (SSSR count). The summed E-state index contributed by atoms with van der Waals surface area (Å²) in [4.78, 5) is 0. The minimum Gasteiger partial charge on any atom is -0.370 e. The predicted molar refractivity (Wildman–Crippen MR) is 74.1 cm³/mol. The summed E-state index contributed by atoms with van der Waals surface area (Å²) >= 11 is 3.21. The molecule has 0 amide bonds. The van der Waals surface area contributed by atoms with Crippen LogP contribution >= 0.6 is 15.9 Å². The van der Waals surface area contributed by atoms with Gasteiger partial charge in [0.25, 0.3) is 0 Å². The van der Waals surface area contributed by atoms with Crippen molar-refractivity contribution < 1.29 is 9.13 Å². The number of nitrogens with one attached hydrogen (secondary N) is 1. The summed E-state index contributed by atoms with van der Waals surface area (Å²) < 4.78 is 19.6. The minimum atomic E-state index is -0.237. The first-order chi connectivity index (χ1) is 8.60. The van der Waals surface area contributed by atoms with Gasteiger partial charge in [0.15, 0.2) is 0 Å². The average molecular weight is 316 g/mol. The first-order valence-electron chi connectivity index (χ1n) is 6.42. The Kier molecular flexibility index (Phi) is 4.41. The van der Waals surface area contributed by atoms with Crippen molar-refractivity contribution in [2.45, 2.75) is 38.3 Å². The van der Waals surface area contributed by atoms with Crippen molar-refractivity contribution in [3.63, 3.8) is 0 Å². The molecule has 18 heavy (non-hydrogen) atoms. The highest BCUT2D eigenvalue weighted by Crippen LogP contribution is 2.29. The molecule has 1 unspecified atom stereocenters. The lowest BCUT2D eigenvalue weighted by molar-refractivity contribution is -0.0375. The third-order valence-corrected chi connectivity index (χ3v) is 4.50. The highest BCUT2D eigenvalue weighted by molar-refractivity contribution is 9.10. The number of hydrogen-bond donors (Lipinski definition) is 1. The Morgan fingerprint density at radius 3 is 2.67 bits per heavy atom. The molecule has 1 N–H and O–H groups in total. The van der Waals surface area contributed by atoms with Gasteiger partial charge in [-0.2, -0.15) is 0 Å². The highest BCUT2D eigenvalue weighted by Gasteiger charge is 2.33. The molecule has 1 saturated heterocycles. The zero-order chi connectivity index (χ0) is 13.2. The van der Waals surface area contributed by atoms with Crippen LogP contribution in [0.5, 0.6) is 0 Å². The number of morpholine rings is 1. The Morgan fingerprint density at radius 1 is 1.44 bits per heavy atom. The van der Waals surface area contributed by atoms with Crippen molar-refractivity contribution >= 4 is 15.9 Å². The van der Waals surface area contributed by atoms with E-state index in [0.29, 0.717) is 11.1 Å². The number of halogens is 2. The molecule has 4 heteroatoms. The standard InChI is InChI=1S/C14H19BrFNO/c1-3-14(4-2)9-18-13(8-17-14)10-5-6-12(16)11(15)7-10/h5-7,13,17H,3-4,8-9H2,1-2H3. The van der Waals surface area contributed by atoms with E-state index in [4.69, 9.17) is 4.74 Å². The van der Waals surface area contributed by atoms with E-state index >= 15 is 0 Å². The van der Waals surface area contributed by atoms with Crippen LogP contribution in [-0.4, -0.2) is 18.7 Å². The lowest BCUT2D eigenvalue weighted by Gasteiger charge is -2.40. The molecule has 100 valence electrons. The molecule has 1 heterocycles. The zero-order valence-corrected chi connectivity index (χ0v) is 12.4. The molecule has 0 aliphatic carbocycles. The molecule has 1 fully saturated rings. The molecule has 0 bridgehead atoms. The van der Waals surface area contributed by atoms with Crippen molar-refractivity contribution in [3.05, 3.63) is 34.1 Å². The summed E-state index contributed by atoms with van der Waals surface area (Å²) in [5.41, 5.74) is 1.12. The number of ether oxygens (including phenoxy) is 1. The molecule has 1 aromatic rings. The fraction of sp³-hybridized carbons (Fsp3) is 0.571. The quantitative estimate of drug-likeness (QED) is 0.916. The van der Waals surface area contributed by atoms with Crippen LogP contribution in [0.2, 0.25) is 0 Å². The molecule has 0 radical (unpaired) electrons. The fourth-order valence-corrected chi connectivity index (χ4v) is 2.71. The summed E-state index contributed by atoms with van der Waals surface area (Å²) in [7, 11) is 0. The maximum atomic E-state index is 13.2. The van der Waals surface area contributed by atoms with Gasteiger partial charge < -0.3 is 10.1 Å². The molecule has 0 saturated carbocycles. The molecule has 1 aromatic carbocycles. The SMILES string of the molecule is CCC1(CC)COC(c2ccc(F)c(Br)c2)CN1. The smallest absolute Gasteiger partial charge is 0.137 e. The summed E-state index contributed by atoms with van der Waals surface area (Å²) in [5.74, 6) is -0.237. The second-order valence-corrected chi connectivity index (χ2v) is 5.70. The average Bonchev–Trinajstić information content (AvgIpc) is 2.42. The lowest BCUT2D eigenvalue weighted by Crippen LogP contribution is -2.54. The van der Waals surface area contributed by atoms with Gasteiger partial charge in [0.05, 0.1) is 17.2 Å². The van der Waals surface area contributed by atoms with Crippen LogP contribution in [0.25, 0.3) is 0 Å². The van der Waals surface area contributed by atoms with Crippen LogP contribution in [0.4, 0.5) is 4.39 Å². The lowest BCUT2D eigenvalue weighted by atomic mass is 9.91. The summed E-state index contributed by atoms with van der Waals surface area (Å²) in [6, 6.07) is 5.06. The molecule has 0 aromatic heterocycles. The molecule has 1 atom stereocenters. The monoisotopic (exact) mass is 315 g/mol. The van der Waals surface area contributed by atoms with E-state index in [9.17, 15) is 4.39 Å². The molecule has 1 aliphatic rings. The van der Waals surface area contributed by atoms with E-state index in [1.54, 1.807) is 12.1 Å². The van der Waals surface area contributed by atoms with Crippen molar-refractivity contribution in [3.8, 4) is 0 Å². The van der Waals surface area contributed by atoms with Crippen LogP contribution in [0, 0.1) is 5.82 Å². The zero-order valence-electron chi connectivity index (χ0n) is 10.8. The first-order valence-corrected chi connectivity index (χ1v) is 7.21. The van der Waals surface area contributed by atoms with Gasteiger partial charge in [-0.05, 0) is 46.5 Å². The Labute approximate surface area is 116 Å². The first kappa shape index (κ1) is 14.0. The minimum absolute atomic E-state index is 0.00752. The van der Waals surface area contributed by atoms with Crippen LogP contribution in [-0.2, 0) is 4.74 Å². The van der Waals surface area contributed by atoms with Gasteiger partial charge in [0.1, 0.15) is 5.82 Å². The predicted octanol–water partition coefficient (Wildman–Crippen LogP) is 3.81. The van der Waals surface area contributed by atoms with E-state index < -0.39 is 0 Å². The van der Waals surface area contributed by atoms with Crippen molar-refractivity contribution in [2.24, 2.45) is 0 Å². The Balaban J connectivity index is 2.07. The van der Waals surface area contributed by atoms with E-state index in [2.05, 4.69) is 35.1 Å². The topological polar surface area (TPSA) is 21.3 Å². The summed E-state index contributed by atoms with van der Waals surface area (Å²) in [6.07, 6.45) is 2.13. The van der Waals surface area contributed by atoms with Gasteiger partial charge in [0, 0.05) is 12.1 Å². The van der Waals surface area contributed by atoms with Crippen LogP contribution in [0.15, 0.2) is 22.7 Å². The fourth-order valence-electron chi connectivity index (χ4n) is 2.31. The molecular formula is C14H19BrFNO. The summed E-state index contributed by atoms with van der Waals surface area (Å²) in [6.45, 7) is 5.84. The molecule has 2 nitrogen and oxygen atoms in total. The van der Waals surface area contributed by atoms with E-state index in [-0.39, 0.29) is 17.5 Å². The van der Waals surface area contributed by atoms with Gasteiger partial charge in [-0.15, -0.1) is 0 Å². The third-order valence-electron chi connectivity index (χ3n) is 3.89. The van der Waals surface area contributed by atoms with Crippen molar-refractivity contribution in [1.82, 2.24) is 5.32 Å². The normalized spacial score (nSPS) is 23.0. The molecular weight excluding hydrogens is 297 g/mol. The maximum Gasteiger partial charge on any atom is 0.137 e. The van der Waals surface area contributed by atoms with E-state index in [0.717, 1.165) is 24.9 Å². The van der Waals surface area contributed by atoms with Crippen LogP contribution in [0.1, 0.15) is 38.4 Å². The Bertz CT molecular complexity index is 410. The van der Waals surface area contributed by atoms with E-state index in [1.165, 1.54) is 6.07 Å². The number of rotatable bonds is 3. The Morgan fingerprint density at radius 2 is 2.17 bits per heavy atom. The Hall–Kier alpha value is -0.450. The third kappa shape index (κ3) is 2.76. The van der Waals surface area contributed by atoms with Gasteiger partial charge in [-0.1, -0.05) is 19.9 Å². The highest BCUT2D eigenvalue weighted by atomic mass is 79.9. The van der Waals surface area contributed by atoms with Gasteiger partial charge in [-0.3, -0.25) is 0 Å². The van der Waals surface area contributed by atoms with Gasteiger partial charge >= 0.3 is 0 Å². The largest absolute Gasteiger partial charge is 0.370 e. The van der Waals surface area contributed by atoms with Gasteiger partial charge in [-0.25, -0.2) is 4.39 Å². The second kappa shape index (κ2) is 5.68. The number of hydrogen-bond acceptors (Lipinski definition) is 2.